The highest BCUT2D eigenvalue weighted by Crippen LogP contribution is 1.66. The van der Waals surface area contributed by atoms with Gasteiger partial charge >= 0.3 is 0 Å². The van der Waals surface area contributed by atoms with Gasteiger partial charge in [0.15, 0.2) is 0 Å². The molecule has 0 heterocycles. The first-order valence-corrected chi connectivity index (χ1v) is 2.56. The van der Waals surface area contributed by atoms with Crippen LogP contribution in [0.15, 0.2) is 12.4 Å². The number of hydrogen-bond acceptors (Lipinski definition) is 3. The quantitative estimate of drug-likeness (QED) is 0.430. The Kier molecular flexibility index (Phi) is 4.07. The van der Waals surface area contributed by atoms with Crippen LogP contribution in [-0.4, -0.2) is 20.8 Å². The van der Waals surface area contributed by atoms with Crippen LogP contribution >= 0.6 is 0 Å². The van der Waals surface area contributed by atoms with E-state index in [1.54, 1.807) is 0 Å². The molecule has 0 saturated carbocycles. The third kappa shape index (κ3) is 3.49. The maximum Gasteiger partial charge on any atom is 0.0919 e. The molecule has 0 aliphatic rings. The Morgan fingerprint density at radius 3 is 2.50 bits per heavy atom. The van der Waals surface area contributed by atoms with Crippen molar-refractivity contribution in [2.75, 3.05) is 20.8 Å². The van der Waals surface area contributed by atoms with Crippen molar-refractivity contribution in [3.05, 3.63) is 12.4 Å². The molecular weight excluding hydrogens is 102 g/mol. The van der Waals surface area contributed by atoms with E-state index in [-0.39, 0.29) is 0 Å². The molecule has 0 fully saturated rings. The van der Waals surface area contributed by atoms with Gasteiger partial charge in [0.05, 0.1) is 12.5 Å². The van der Waals surface area contributed by atoms with E-state index >= 15 is 0 Å². The molecule has 3 heteroatoms. The minimum atomic E-state index is 0.750. The monoisotopic (exact) mass is 115 g/mol. The number of hydrogen-bond donors (Lipinski definition) is 3. The van der Waals surface area contributed by atoms with Crippen LogP contribution in [0.4, 0.5) is 0 Å². The van der Waals surface area contributed by atoms with Crippen molar-refractivity contribution in [1.29, 1.82) is 0 Å². The zero-order chi connectivity index (χ0) is 6.41. The standard InChI is InChI=1S/C5H13N3/c1-5(7-3)8-4-6-2/h6-8H,1,4H2,2-3H3. The lowest BCUT2D eigenvalue weighted by atomic mass is 10.7. The Balaban J connectivity index is 2.99. The smallest absolute Gasteiger partial charge is 0.0919 e. The molecule has 0 aliphatic heterocycles. The van der Waals surface area contributed by atoms with Crippen LogP contribution in [0.1, 0.15) is 0 Å². The van der Waals surface area contributed by atoms with Gasteiger partial charge in [-0.1, -0.05) is 6.58 Å². The molecule has 0 amide bonds. The summed E-state index contributed by atoms with van der Waals surface area (Å²) in [6.45, 7) is 4.40. The van der Waals surface area contributed by atoms with Gasteiger partial charge in [-0.25, -0.2) is 0 Å². The molecule has 0 radical (unpaired) electrons. The van der Waals surface area contributed by atoms with Crippen molar-refractivity contribution in [2.24, 2.45) is 0 Å². The second kappa shape index (κ2) is 4.46. The largest absolute Gasteiger partial charge is 0.375 e. The fraction of sp³-hybridized carbons (Fsp3) is 0.600. The van der Waals surface area contributed by atoms with Gasteiger partial charge in [0.25, 0.3) is 0 Å². The van der Waals surface area contributed by atoms with Gasteiger partial charge < -0.3 is 16.0 Å². The first-order valence-electron chi connectivity index (χ1n) is 2.56. The molecule has 3 N–H and O–H groups in total. The van der Waals surface area contributed by atoms with E-state index in [9.17, 15) is 0 Å². The van der Waals surface area contributed by atoms with Crippen LogP contribution < -0.4 is 16.0 Å². The first-order chi connectivity index (χ1) is 3.81. The fourth-order valence-corrected chi connectivity index (χ4v) is 0.283. The molecule has 0 spiro atoms. The summed E-state index contributed by atoms with van der Waals surface area (Å²) in [4.78, 5) is 0. The van der Waals surface area contributed by atoms with Gasteiger partial charge in [-0.3, -0.25) is 0 Å². The summed E-state index contributed by atoms with van der Waals surface area (Å²) < 4.78 is 0. The molecule has 0 unspecified atom stereocenters. The van der Waals surface area contributed by atoms with E-state index in [0.717, 1.165) is 12.5 Å². The van der Waals surface area contributed by atoms with Crippen LogP contribution in [0.25, 0.3) is 0 Å². The molecule has 0 saturated heterocycles. The van der Waals surface area contributed by atoms with Crippen molar-refractivity contribution in [3.8, 4) is 0 Å². The average molecular weight is 115 g/mol. The van der Waals surface area contributed by atoms with E-state index in [2.05, 4.69) is 22.5 Å². The normalized spacial score (nSPS) is 8.25. The van der Waals surface area contributed by atoms with Crippen molar-refractivity contribution >= 4 is 0 Å². The predicted octanol–water partition coefficient (Wildman–Crippen LogP) is -0.556. The van der Waals surface area contributed by atoms with Crippen molar-refractivity contribution in [1.82, 2.24) is 16.0 Å². The Hall–Kier alpha value is -0.700. The van der Waals surface area contributed by atoms with E-state index < -0.39 is 0 Å². The molecule has 8 heavy (non-hydrogen) atoms. The maximum absolute atomic E-state index is 3.65. The summed E-state index contributed by atoms with van der Waals surface area (Å²) in [5.74, 6) is 0.833. The molecule has 0 rings (SSSR count). The summed E-state index contributed by atoms with van der Waals surface area (Å²) in [6.07, 6.45) is 0. The van der Waals surface area contributed by atoms with E-state index in [1.807, 2.05) is 14.1 Å². The first kappa shape index (κ1) is 7.30. The molecule has 0 aromatic carbocycles. The van der Waals surface area contributed by atoms with Gasteiger partial charge in [-0.15, -0.1) is 0 Å². The van der Waals surface area contributed by atoms with Gasteiger partial charge in [0.1, 0.15) is 0 Å². The maximum atomic E-state index is 3.65. The SMILES string of the molecule is C=C(NC)NCNC. The Morgan fingerprint density at radius 1 is 1.50 bits per heavy atom. The Morgan fingerprint density at radius 2 is 2.12 bits per heavy atom. The minimum absolute atomic E-state index is 0.750. The lowest BCUT2D eigenvalue weighted by Crippen LogP contribution is -2.29. The molecule has 48 valence electrons. The molecule has 0 atom stereocenters. The Bertz CT molecular complexity index is 70.1. The zero-order valence-electron chi connectivity index (χ0n) is 5.41. The average Bonchev–Trinajstić information content (AvgIpc) is 1.83. The van der Waals surface area contributed by atoms with E-state index in [0.29, 0.717) is 0 Å². The van der Waals surface area contributed by atoms with E-state index in [4.69, 9.17) is 0 Å². The summed E-state index contributed by atoms with van der Waals surface area (Å²) in [5, 5.41) is 8.74. The molecule has 3 nitrogen and oxygen atoms in total. The lowest BCUT2D eigenvalue weighted by molar-refractivity contribution is 0.673. The Labute approximate surface area is 50.2 Å². The zero-order valence-corrected chi connectivity index (χ0v) is 5.41. The highest BCUT2D eigenvalue weighted by Gasteiger charge is 1.80. The second-order valence-electron chi connectivity index (χ2n) is 1.44. The molecule has 0 aromatic heterocycles. The summed E-state index contributed by atoms with van der Waals surface area (Å²) >= 11 is 0. The number of nitrogens with one attached hydrogen (secondary N) is 3. The minimum Gasteiger partial charge on any atom is -0.375 e. The van der Waals surface area contributed by atoms with Crippen LogP contribution in [0.5, 0.6) is 0 Å². The van der Waals surface area contributed by atoms with Gasteiger partial charge in [-0.05, 0) is 7.05 Å². The van der Waals surface area contributed by atoms with Crippen molar-refractivity contribution in [3.63, 3.8) is 0 Å². The van der Waals surface area contributed by atoms with Gasteiger partial charge in [0, 0.05) is 7.05 Å². The topological polar surface area (TPSA) is 36.1 Å². The molecular formula is C5H13N3. The highest BCUT2D eigenvalue weighted by molar-refractivity contribution is 4.84. The van der Waals surface area contributed by atoms with Crippen LogP contribution in [0, 0.1) is 0 Å². The van der Waals surface area contributed by atoms with Gasteiger partial charge in [0.2, 0.25) is 0 Å². The summed E-state index contributed by atoms with van der Waals surface area (Å²) in [7, 11) is 3.70. The van der Waals surface area contributed by atoms with E-state index in [1.165, 1.54) is 0 Å². The summed E-state index contributed by atoms with van der Waals surface area (Å²) in [6, 6.07) is 0. The molecule has 0 bridgehead atoms. The van der Waals surface area contributed by atoms with Crippen LogP contribution in [-0.2, 0) is 0 Å². The number of rotatable bonds is 4. The lowest BCUT2D eigenvalue weighted by Gasteiger charge is -2.05. The van der Waals surface area contributed by atoms with Crippen LogP contribution in [0.2, 0.25) is 0 Å². The second-order valence-corrected chi connectivity index (χ2v) is 1.44. The van der Waals surface area contributed by atoms with Crippen molar-refractivity contribution in [2.45, 2.75) is 0 Å². The molecule has 0 aliphatic carbocycles. The third-order valence-electron chi connectivity index (χ3n) is 0.780. The third-order valence-corrected chi connectivity index (χ3v) is 0.780. The fourth-order valence-electron chi connectivity index (χ4n) is 0.283. The van der Waals surface area contributed by atoms with Gasteiger partial charge in [-0.2, -0.15) is 0 Å². The highest BCUT2D eigenvalue weighted by atomic mass is 15.1. The van der Waals surface area contributed by atoms with Crippen molar-refractivity contribution < 1.29 is 0 Å². The van der Waals surface area contributed by atoms with Crippen LogP contribution in [0.3, 0.4) is 0 Å². The summed E-state index contributed by atoms with van der Waals surface area (Å²) in [5.41, 5.74) is 0. The molecule has 0 aromatic rings. The predicted molar refractivity (Wildman–Crippen MR) is 35.3 cm³/mol.